The summed E-state index contributed by atoms with van der Waals surface area (Å²) in [6.45, 7) is 1.89. The maximum absolute atomic E-state index is 13.8. The molecule has 43 heavy (non-hydrogen) atoms. The zero-order chi connectivity index (χ0) is 30.9. The van der Waals surface area contributed by atoms with Crippen LogP contribution in [0.4, 0.5) is 13.2 Å². The van der Waals surface area contributed by atoms with Gasteiger partial charge in [0.1, 0.15) is 5.69 Å². The molecule has 0 saturated carbocycles. The molecule has 0 aliphatic carbocycles. The van der Waals surface area contributed by atoms with Gasteiger partial charge in [-0.1, -0.05) is 75.6 Å². The fourth-order valence-corrected chi connectivity index (χ4v) is 5.98. The second-order valence-electron chi connectivity index (χ2n) is 9.34. The molecule has 5 aromatic rings. The van der Waals surface area contributed by atoms with Crippen molar-refractivity contribution in [1.29, 1.82) is 0 Å². The number of hydrogen-bond acceptors (Lipinski definition) is 4. The van der Waals surface area contributed by atoms with Crippen molar-refractivity contribution in [3.05, 3.63) is 121 Å². The van der Waals surface area contributed by atoms with Gasteiger partial charge in [-0.3, -0.25) is 4.79 Å². The maximum Gasteiger partial charge on any atom is 0.418 e. The molecule has 1 aromatic heterocycles. The SMILES string of the molecule is Cc1ccc(C(=O)Oc2c(Br)cc(Br)cc2C=NNC(=O)c2[nH]c3c(C(F)(F)F)cccc3c2-c2ccccc2Cl)cc1. The molecule has 0 bridgehead atoms. The van der Waals surface area contributed by atoms with E-state index >= 15 is 0 Å². The number of carbonyl (C=O) groups is 2. The van der Waals surface area contributed by atoms with E-state index in [4.69, 9.17) is 16.3 Å². The zero-order valence-corrected chi connectivity index (χ0v) is 26.0. The largest absolute Gasteiger partial charge is 0.421 e. The van der Waals surface area contributed by atoms with E-state index in [0.29, 0.717) is 25.6 Å². The number of esters is 1. The summed E-state index contributed by atoms with van der Waals surface area (Å²) in [5.41, 5.74) is 3.19. The first-order chi connectivity index (χ1) is 20.4. The minimum Gasteiger partial charge on any atom is -0.421 e. The molecule has 0 spiro atoms. The summed E-state index contributed by atoms with van der Waals surface area (Å²) in [5, 5.41) is 4.43. The number of benzene rings is 4. The summed E-state index contributed by atoms with van der Waals surface area (Å²) in [6.07, 6.45) is -3.42. The van der Waals surface area contributed by atoms with Crippen LogP contribution in [0.2, 0.25) is 5.02 Å². The molecule has 0 fully saturated rings. The van der Waals surface area contributed by atoms with Crippen LogP contribution in [-0.2, 0) is 6.18 Å². The third-order valence-electron chi connectivity index (χ3n) is 6.40. The van der Waals surface area contributed by atoms with Crippen LogP contribution in [0.1, 0.15) is 37.5 Å². The standard InChI is InChI=1S/C31H19Br2ClF3N3O3/c1-16-9-11-17(12-10-16)30(42)43-28-18(13-19(32)14-23(28)33)15-38-40-29(41)27-25(20-5-2-3-8-24(20)34)21-6-4-7-22(26(21)39-27)31(35,36)37/h2-15,39H,1H3,(H,40,41). The normalized spacial score (nSPS) is 11.7. The van der Waals surface area contributed by atoms with E-state index < -0.39 is 23.6 Å². The van der Waals surface area contributed by atoms with E-state index in [9.17, 15) is 22.8 Å². The van der Waals surface area contributed by atoms with E-state index in [1.54, 1.807) is 60.7 Å². The molecule has 0 aliphatic rings. The number of amides is 1. The van der Waals surface area contributed by atoms with E-state index in [-0.39, 0.29) is 32.9 Å². The number of hydrazone groups is 1. The molecule has 0 unspecified atom stereocenters. The van der Waals surface area contributed by atoms with Gasteiger partial charge in [0.2, 0.25) is 0 Å². The second-order valence-corrected chi connectivity index (χ2v) is 11.5. The van der Waals surface area contributed by atoms with Crippen molar-refractivity contribution in [2.75, 3.05) is 0 Å². The van der Waals surface area contributed by atoms with Crippen LogP contribution >= 0.6 is 43.5 Å². The number of H-pyrrole nitrogens is 1. The third kappa shape index (κ3) is 6.53. The van der Waals surface area contributed by atoms with Gasteiger partial charge in [0.05, 0.1) is 27.3 Å². The molecule has 0 atom stereocenters. The van der Waals surface area contributed by atoms with Gasteiger partial charge in [0.15, 0.2) is 5.75 Å². The number of hydrogen-bond donors (Lipinski definition) is 2. The van der Waals surface area contributed by atoms with E-state index in [1.165, 1.54) is 18.3 Å². The van der Waals surface area contributed by atoms with Crippen LogP contribution in [-0.4, -0.2) is 23.1 Å². The maximum atomic E-state index is 13.8. The molecule has 0 saturated heterocycles. The third-order valence-corrected chi connectivity index (χ3v) is 7.77. The zero-order valence-electron chi connectivity index (χ0n) is 22.0. The lowest BCUT2D eigenvalue weighted by atomic mass is 10.00. The van der Waals surface area contributed by atoms with Crippen molar-refractivity contribution in [2.45, 2.75) is 13.1 Å². The highest BCUT2D eigenvalue weighted by atomic mass is 79.9. The molecule has 1 amide bonds. The van der Waals surface area contributed by atoms with Crippen LogP contribution in [0, 0.1) is 6.92 Å². The molecule has 2 N–H and O–H groups in total. The number of para-hydroxylation sites is 1. The van der Waals surface area contributed by atoms with Gasteiger partial charge in [0, 0.05) is 31.6 Å². The van der Waals surface area contributed by atoms with E-state index in [1.807, 2.05) is 6.92 Å². The number of nitrogens with one attached hydrogen (secondary N) is 2. The van der Waals surface area contributed by atoms with Gasteiger partial charge in [-0.2, -0.15) is 18.3 Å². The van der Waals surface area contributed by atoms with Crippen molar-refractivity contribution in [3.8, 4) is 16.9 Å². The van der Waals surface area contributed by atoms with Crippen LogP contribution in [0.15, 0.2) is 92.9 Å². The average molecular weight is 734 g/mol. The summed E-state index contributed by atoms with van der Waals surface area (Å²) in [6, 6.07) is 20.3. The molecule has 12 heteroatoms. The van der Waals surface area contributed by atoms with Gasteiger partial charge in [-0.15, -0.1) is 0 Å². The van der Waals surface area contributed by atoms with Crippen LogP contribution in [0.5, 0.6) is 5.75 Å². The Balaban J connectivity index is 1.50. The smallest absolute Gasteiger partial charge is 0.418 e. The number of aromatic amines is 1. The fourth-order valence-electron chi connectivity index (χ4n) is 4.41. The highest BCUT2D eigenvalue weighted by Crippen LogP contribution is 2.41. The van der Waals surface area contributed by atoms with Gasteiger partial charge in [-0.25, -0.2) is 10.2 Å². The first kappa shape index (κ1) is 30.5. The highest BCUT2D eigenvalue weighted by molar-refractivity contribution is 9.11. The van der Waals surface area contributed by atoms with Gasteiger partial charge in [-0.05, 0) is 59.3 Å². The summed E-state index contributed by atoms with van der Waals surface area (Å²) in [5.74, 6) is -1.28. The minimum absolute atomic E-state index is 0.143. The molecular formula is C31H19Br2ClF3N3O3. The Morgan fingerprint density at radius 1 is 1.00 bits per heavy atom. The van der Waals surface area contributed by atoms with Gasteiger partial charge in [0.25, 0.3) is 5.91 Å². The number of aromatic nitrogens is 1. The Bertz CT molecular complexity index is 1900. The Kier molecular flexibility index (Phi) is 8.77. The molecular weight excluding hydrogens is 715 g/mol. The highest BCUT2D eigenvalue weighted by Gasteiger charge is 2.35. The molecule has 0 aliphatic heterocycles. The van der Waals surface area contributed by atoms with Gasteiger partial charge < -0.3 is 9.72 Å². The number of nitrogens with zero attached hydrogens (tertiary/aromatic N) is 1. The number of rotatable bonds is 6. The number of ether oxygens (including phenoxy) is 1. The number of aryl methyl sites for hydroxylation is 1. The number of fused-ring (bicyclic) bond motifs is 1. The molecule has 1 heterocycles. The van der Waals surface area contributed by atoms with E-state index in [0.717, 1.165) is 11.6 Å². The average Bonchev–Trinajstić information content (AvgIpc) is 3.34. The molecule has 218 valence electrons. The predicted molar refractivity (Wildman–Crippen MR) is 167 cm³/mol. The molecule has 4 aromatic carbocycles. The Hall–Kier alpha value is -3.93. The summed E-state index contributed by atoms with van der Waals surface area (Å²) < 4.78 is 48.2. The number of halogens is 6. The Morgan fingerprint density at radius 2 is 1.72 bits per heavy atom. The molecule has 0 radical (unpaired) electrons. The number of alkyl halides is 3. The molecule has 5 rings (SSSR count). The van der Waals surface area contributed by atoms with E-state index in [2.05, 4.69) is 47.4 Å². The topological polar surface area (TPSA) is 83.5 Å². The van der Waals surface area contributed by atoms with Gasteiger partial charge >= 0.3 is 12.1 Å². The van der Waals surface area contributed by atoms with Crippen LogP contribution in [0.25, 0.3) is 22.0 Å². The lowest BCUT2D eigenvalue weighted by Crippen LogP contribution is -2.19. The first-order valence-electron chi connectivity index (χ1n) is 12.5. The summed E-state index contributed by atoms with van der Waals surface area (Å²) in [4.78, 5) is 28.8. The minimum atomic E-state index is -4.67. The van der Waals surface area contributed by atoms with Crippen molar-refractivity contribution in [3.63, 3.8) is 0 Å². The van der Waals surface area contributed by atoms with Crippen LogP contribution in [0.3, 0.4) is 0 Å². The summed E-state index contributed by atoms with van der Waals surface area (Å²) in [7, 11) is 0. The Morgan fingerprint density at radius 3 is 2.42 bits per heavy atom. The predicted octanol–water partition coefficient (Wildman–Crippen LogP) is 9.32. The monoisotopic (exact) mass is 731 g/mol. The van der Waals surface area contributed by atoms with Crippen molar-refractivity contribution in [2.24, 2.45) is 5.10 Å². The van der Waals surface area contributed by atoms with Crippen molar-refractivity contribution < 1.29 is 27.5 Å². The lowest BCUT2D eigenvalue weighted by molar-refractivity contribution is -0.136. The second kappa shape index (κ2) is 12.4. The summed E-state index contributed by atoms with van der Waals surface area (Å²) >= 11 is 13.2. The fraction of sp³-hybridized carbons (Fsp3) is 0.0645. The lowest BCUT2D eigenvalue weighted by Gasteiger charge is -2.11. The van der Waals surface area contributed by atoms with Crippen LogP contribution < -0.4 is 10.2 Å². The molecule has 6 nitrogen and oxygen atoms in total. The van der Waals surface area contributed by atoms with Crippen molar-refractivity contribution >= 4 is 72.5 Å². The van der Waals surface area contributed by atoms with Crippen molar-refractivity contribution in [1.82, 2.24) is 10.4 Å². The first-order valence-corrected chi connectivity index (χ1v) is 14.5. The quantitative estimate of drug-likeness (QED) is 0.0790. The number of carbonyl (C=O) groups excluding carboxylic acids is 2. The Labute approximate surface area is 265 Å².